The van der Waals surface area contributed by atoms with Gasteiger partial charge in [-0.15, -0.1) is 0 Å². The molecule has 0 unspecified atom stereocenters. The molecule has 0 radical (unpaired) electrons. The van der Waals surface area contributed by atoms with E-state index in [9.17, 15) is 18.0 Å². The molecule has 1 fully saturated rings. The maximum absolute atomic E-state index is 12.7. The van der Waals surface area contributed by atoms with E-state index in [-0.39, 0.29) is 25.0 Å². The first-order valence-electron chi connectivity index (χ1n) is 9.09. The number of amides is 1. The molecule has 1 amide bonds. The molecule has 1 heterocycles. The molecule has 0 aliphatic heterocycles. The average Bonchev–Trinajstić information content (AvgIpc) is 3.18. The van der Waals surface area contributed by atoms with Crippen LogP contribution in [0.3, 0.4) is 0 Å². The van der Waals surface area contributed by atoms with Gasteiger partial charge in [0.1, 0.15) is 11.9 Å². The van der Waals surface area contributed by atoms with E-state index in [0.29, 0.717) is 5.88 Å². The van der Waals surface area contributed by atoms with Gasteiger partial charge < -0.3 is 14.8 Å². The van der Waals surface area contributed by atoms with E-state index in [0.717, 1.165) is 43.4 Å². The van der Waals surface area contributed by atoms with Crippen molar-refractivity contribution >= 4 is 5.91 Å². The molecule has 150 valence electrons. The predicted molar refractivity (Wildman–Crippen MR) is 95.9 cm³/mol. The second-order valence-electron chi connectivity index (χ2n) is 6.58. The summed E-state index contributed by atoms with van der Waals surface area (Å²) in [5, 5.41) is 2.67. The Balaban J connectivity index is 1.51. The fourth-order valence-electron chi connectivity index (χ4n) is 2.98. The molecule has 8 heteroatoms. The molecule has 1 aromatic heterocycles. The summed E-state index contributed by atoms with van der Waals surface area (Å²) < 4.78 is 49.2. The molecule has 1 saturated carbocycles. The molecule has 1 N–H and O–H groups in total. The zero-order valence-corrected chi connectivity index (χ0v) is 15.2. The number of rotatable bonds is 7. The average molecular weight is 394 g/mol. The second kappa shape index (κ2) is 8.95. The van der Waals surface area contributed by atoms with Gasteiger partial charge in [-0.3, -0.25) is 4.79 Å². The van der Waals surface area contributed by atoms with E-state index in [1.54, 1.807) is 12.3 Å². The lowest BCUT2D eigenvalue weighted by Gasteiger charge is -2.15. The van der Waals surface area contributed by atoms with E-state index < -0.39 is 17.6 Å². The fourth-order valence-corrected chi connectivity index (χ4v) is 2.98. The van der Waals surface area contributed by atoms with Crippen LogP contribution < -0.4 is 14.8 Å². The van der Waals surface area contributed by atoms with Gasteiger partial charge in [0, 0.05) is 18.3 Å². The summed E-state index contributed by atoms with van der Waals surface area (Å²) in [6.45, 7) is -0.193. The Morgan fingerprint density at radius 2 is 1.96 bits per heavy atom. The number of carbonyl (C=O) groups is 1. The van der Waals surface area contributed by atoms with Crippen LogP contribution in [0.5, 0.6) is 11.6 Å². The number of benzene rings is 1. The van der Waals surface area contributed by atoms with Crippen molar-refractivity contribution in [3.8, 4) is 11.6 Å². The molecule has 0 atom stereocenters. The third-order valence-corrected chi connectivity index (χ3v) is 4.44. The number of nitrogens with one attached hydrogen (secondary N) is 1. The van der Waals surface area contributed by atoms with Gasteiger partial charge in [0.05, 0.1) is 5.56 Å². The molecule has 1 aliphatic carbocycles. The molecule has 0 saturated heterocycles. The Labute approximate surface area is 160 Å². The lowest BCUT2D eigenvalue weighted by atomic mass is 10.2. The maximum Gasteiger partial charge on any atom is 0.416 e. The highest BCUT2D eigenvalue weighted by molar-refractivity contribution is 5.77. The quantitative estimate of drug-likeness (QED) is 0.768. The third kappa shape index (κ3) is 5.61. The number of hydrogen-bond donors (Lipinski definition) is 1. The molecule has 0 bridgehead atoms. The fraction of sp³-hybridized carbons (Fsp3) is 0.400. The second-order valence-corrected chi connectivity index (χ2v) is 6.58. The normalized spacial score (nSPS) is 14.7. The van der Waals surface area contributed by atoms with Crippen LogP contribution in [0.15, 0.2) is 42.6 Å². The van der Waals surface area contributed by atoms with Crippen LogP contribution in [-0.2, 0) is 17.5 Å². The number of carbonyl (C=O) groups excluding carboxylic acids is 1. The number of hydrogen-bond acceptors (Lipinski definition) is 4. The van der Waals surface area contributed by atoms with Crippen molar-refractivity contribution in [3.05, 3.63) is 53.7 Å². The predicted octanol–water partition coefficient (Wildman–Crippen LogP) is 4.12. The van der Waals surface area contributed by atoms with Gasteiger partial charge in [0.25, 0.3) is 5.91 Å². The molecular formula is C20H21F3N2O3. The van der Waals surface area contributed by atoms with Crippen molar-refractivity contribution in [2.24, 2.45) is 0 Å². The Hall–Kier alpha value is -2.77. The number of alkyl halides is 3. The molecule has 28 heavy (non-hydrogen) atoms. The molecule has 5 nitrogen and oxygen atoms in total. The molecular weight excluding hydrogens is 373 g/mol. The monoisotopic (exact) mass is 394 g/mol. The highest BCUT2D eigenvalue weighted by Gasteiger charge is 2.30. The maximum atomic E-state index is 12.7. The number of nitrogens with zero attached hydrogens (tertiary/aromatic N) is 1. The van der Waals surface area contributed by atoms with E-state index in [2.05, 4.69) is 10.3 Å². The minimum Gasteiger partial charge on any atom is -0.484 e. The van der Waals surface area contributed by atoms with Crippen molar-refractivity contribution in [2.45, 2.75) is 44.5 Å². The molecule has 1 aromatic carbocycles. The Morgan fingerprint density at radius 3 is 2.71 bits per heavy atom. The first kappa shape index (κ1) is 20.0. The van der Waals surface area contributed by atoms with Gasteiger partial charge in [-0.05, 0) is 49.9 Å². The van der Waals surface area contributed by atoms with Crippen molar-refractivity contribution in [1.29, 1.82) is 0 Å². The summed E-state index contributed by atoms with van der Waals surface area (Å²) in [6.07, 6.45) is 1.57. The lowest BCUT2D eigenvalue weighted by Crippen LogP contribution is -2.29. The lowest BCUT2D eigenvalue weighted by molar-refractivity contribution is -0.137. The SMILES string of the molecule is O=C(COc1cccc(C(F)(F)F)c1)NCc1cccnc1OC1CCCC1. The molecule has 1 aliphatic rings. The van der Waals surface area contributed by atoms with Gasteiger partial charge in [0.2, 0.25) is 5.88 Å². The summed E-state index contributed by atoms with van der Waals surface area (Å²) in [6, 6.07) is 7.98. The molecule has 3 rings (SSSR count). The van der Waals surface area contributed by atoms with E-state index in [4.69, 9.17) is 9.47 Å². The molecule has 2 aromatic rings. The summed E-state index contributed by atoms with van der Waals surface area (Å²) in [5.74, 6) is 0.0261. The Bertz CT molecular complexity index is 805. The van der Waals surface area contributed by atoms with E-state index in [1.807, 2.05) is 6.07 Å². The zero-order valence-electron chi connectivity index (χ0n) is 15.2. The topological polar surface area (TPSA) is 60.5 Å². The van der Waals surface area contributed by atoms with Gasteiger partial charge in [-0.1, -0.05) is 12.1 Å². The van der Waals surface area contributed by atoms with E-state index in [1.165, 1.54) is 12.1 Å². The van der Waals surface area contributed by atoms with Gasteiger partial charge >= 0.3 is 6.18 Å². The van der Waals surface area contributed by atoms with Crippen LogP contribution in [0.1, 0.15) is 36.8 Å². The van der Waals surface area contributed by atoms with Crippen molar-refractivity contribution in [1.82, 2.24) is 10.3 Å². The van der Waals surface area contributed by atoms with Crippen molar-refractivity contribution < 1.29 is 27.4 Å². The van der Waals surface area contributed by atoms with Crippen LogP contribution in [-0.4, -0.2) is 23.6 Å². The number of halogens is 3. The van der Waals surface area contributed by atoms with Crippen LogP contribution >= 0.6 is 0 Å². The van der Waals surface area contributed by atoms with Gasteiger partial charge in [-0.2, -0.15) is 13.2 Å². The third-order valence-electron chi connectivity index (χ3n) is 4.44. The summed E-state index contributed by atoms with van der Waals surface area (Å²) in [5.41, 5.74) is -0.0868. The number of pyridine rings is 1. The minimum absolute atomic E-state index is 0.0170. The number of aromatic nitrogens is 1. The van der Waals surface area contributed by atoms with Gasteiger partial charge in [-0.25, -0.2) is 4.98 Å². The van der Waals surface area contributed by atoms with Crippen LogP contribution in [0.25, 0.3) is 0 Å². The zero-order chi connectivity index (χ0) is 20.0. The number of ether oxygens (including phenoxy) is 2. The summed E-state index contributed by atoms with van der Waals surface area (Å²) in [4.78, 5) is 16.2. The largest absolute Gasteiger partial charge is 0.484 e. The highest BCUT2D eigenvalue weighted by Crippen LogP contribution is 2.31. The van der Waals surface area contributed by atoms with Gasteiger partial charge in [0.15, 0.2) is 6.61 Å². The van der Waals surface area contributed by atoms with Crippen LogP contribution in [0.2, 0.25) is 0 Å². The first-order valence-corrected chi connectivity index (χ1v) is 9.09. The summed E-state index contributed by atoms with van der Waals surface area (Å²) >= 11 is 0. The first-order chi connectivity index (χ1) is 13.4. The van der Waals surface area contributed by atoms with Crippen LogP contribution in [0.4, 0.5) is 13.2 Å². The van der Waals surface area contributed by atoms with Crippen molar-refractivity contribution in [2.75, 3.05) is 6.61 Å². The van der Waals surface area contributed by atoms with Crippen LogP contribution in [0, 0.1) is 0 Å². The summed E-state index contributed by atoms with van der Waals surface area (Å²) in [7, 11) is 0. The molecule has 0 spiro atoms. The highest BCUT2D eigenvalue weighted by atomic mass is 19.4. The van der Waals surface area contributed by atoms with Crippen molar-refractivity contribution in [3.63, 3.8) is 0 Å². The Kier molecular flexibility index (Phi) is 6.38. The minimum atomic E-state index is -4.46. The Morgan fingerprint density at radius 1 is 1.18 bits per heavy atom. The standard InChI is InChI=1S/C20H21F3N2O3/c21-20(22,23)15-6-3-9-17(11-15)27-13-18(26)25-12-14-5-4-10-24-19(14)28-16-7-1-2-8-16/h3-6,9-11,16H,1-2,7-8,12-13H2,(H,25,26). The van der Waals surface area contributed by atoms with E-state index >= 15 is 0 Å². The smallest absolute Gasteiger partial charge is 0.416 e.